The third-order valence-corrected chi connectivity index (χ3v) is 2.15. The first-order valence-electron chi connectivity index (χ1n) is 4.46. The molecule has 0 aliphatic rings. The molecule has 2 rings (SSSR count). The Labute approximate surface area is 90.8 Å². The average molecular weight is 225 g/mol. The molecule has 0 aliphatic carbocycles. The summed E-state index contributed by atoms with van der Waals surface area (Å²) in [6.45, 7) is 0.456. The molecule has 0 fully saturated rings. The fraction of sp³-hybridized carbons (Fsp3) is 0.222. The Morgan fingerprint density at radius 2 is 2.20 bits per heavy atom. The zero-order valence-electron chi connectivity index (χ0n) is 7.83. The normalized spacial score (nSPS) is 10.5. The van der Waals surface area contributed by atoms with E-state index in [2.05, 4.69) is 20.7 Å². The summed E-state index contributed by atoms with van der Waals surface area (Å²) in [4.78, 5) is 11.5. The van der Waals surface area contributed by atoms with Gasteiger partial charge in [0.1, 0.15) is 11.0 Å². The zero-order chi connectivity index (χ0) is 10.7. The van der Waals surface area contributed by atoms with E-state index in [0.717, 1.165) is 5.52 Å². The Kier molecular flexibility index (Phi) is 2.82. The monoisotopic (exact) mass is 224 g/mol. The van der Waals surface area contributed by atoms with Gasteiger partial charge in [0.05, 0.1) is 0 Å². The molecule has 78 valence electrons. The molecule has 2 N–H and O–H groups in total. The Morgan fingerprint density at radius 3 is 3.00 bits per heavy atom. The van der Waals surface area contributed by atoms with Crippen LogP contribution in [0.4, 0.5) is 0 Å². The van der Waals surface area contributed by atoms with Crippen LogP contribution < -0.4 is 5.32 Å². The lowest BCUT2D eigenvalue weighted by Gasteiger charge is -2.01. The number of nitrogens with one attached hydrogen (secondary N) is 2. The maximum absolute atomic E-state index is 11.5. The molecule has 5 nitrogen and oxygen atoms in total. The van der Waals surface area contributed by atoms with Gasteiger partial charge in [-0.25, -0.2) is 0 Å². The summed E-state index contributed by atoms with van der Waals surface area (Å²) in [5.74, 6) is 0.248. The van der Waals surface area contributed by atoms with Crippen molar-refractivity contribution in [1.82, 2.24) is 20.7 Å². The smallest absolute Gasteiger partial charge is 0.251 e. The molecule has 6 heteroatoms. The standard InChI is InChI=1S/C9H9ClN4O/c10-3-4-11-9(15)6-1-2-7-8(5-6)13-14-12-7/h1-2,5H,3-4H2,(H,11,15)(H,12,13,14). The minimum atomic E-state index is -0.152. The SMILES string of the molecule is O=C(NCCCl)c1ccc2n[nH]nc2c1. The van der Waals surface area contributed by atoms with Crippen molar-refractivity contribution in [2.45, 2.75) is 0 Å². The van der Waals surface area contributed by atoms with Gasteiger partial charge in [-0.15, -0.1) is 11.6 Å². The Bertz CT molecular complexity index is 482. The molecule has 0 aliphatic heterocycles. The maximum atomic E-state index is 11.5. The van der Waals surface area contributed by atoms with Crippen LogP contribution in [0.25, 0.3) is 11.0 Å². The molecule has 0 saturated carbocycles. The highest BCUT2D eigenvalue weighted by atomic mass is 35.5. The number of nitrogens with zero attached hydrogens (tertiary/aromatic N) is 2. The summed E-state index contributed by atoms with van der Waals surface area (Å²) in [6.07, 6.45) is 0. The van der Waals surface area contributed by atoms with Crippen molar-refractivity contribution in [2.24, 2.45) is 0 Å². The first kappa shape index (κ1) is 9.92. The van der Waals surface area contributed by atoms with E-state index in [1.54, 1.807) is 18.2 Å². The number of fused-ring (bicyclic) bond motifs is 1. The van der Waals surface area contributed by atoms with Crippen LogP contribution >= 0.6 is 11.6 Å². The van der Waals surface area contributed by atoms with Crippen molar-refractivity contribution in [2.75, 3.05) is 12.4 Å². The lowest BCUT2D eigenvalue weighted by atomic mass is 10.2. The van der Waals surface area contributed by atoms with Gasteiger partial charge in [0.25, 0.3) is 5.91 Å². The number of alkyl halides is 1. The van der Waals surface area contributed by atoms with E-state index in [0.29, 0.717) is 23.5 Å². The third kappa shape index (κ3) is 2.07. The van der Waals surface area contributed by atoms with E-state index in [1.807, 2.05) is 0 Å². The summed E-state index contributed by atoms with van der Waals surface area (Å²) in [6, 6.07) is 5.13. The molecular formula is C9H9ClN4O. The van der Waals surface area contributed by atoms with E-state index in [9.17, 15) is 4.79 Å². The summed E-state index contributed by atoms with van der Waals surface area (Å²) in [5, 5.41) is 13.0. The van der Waals surface area contributed by atoms with Crippen LogP contribution in [-0.2, 0) is 0 Å². The molecule has 0 atom stereocenters. The number of H-pyrrole nitrogens is 1. The highest BCUT2D eigenvalue weighted by Gasteiger charge is 2.06. The molecule has 0 saturated heterocycles. The van der Waals surface area contributed by atoms with Crippen molar-refractivity contribution in [3.8, 4) is 0 Å². The molecule has 1 aromatic heterocycles. The van der Waals surface area contributed by atoms with Crippen LogP contribution in [0.5, 0.6) is 0 Å². The van der Waals surface area contributed by atoms with Crippen LogP contribution in [0, 0.1) is 0 Å². The van der Waals surface area contributed by atoms with Gasteiger partial charge >= 0.3 is 0 Å². The third-order valence-electron chi connectivity index (χ3n) is 1.96. The van der Waals surface area contributed by atoms with E-state index >= 15 is 0 Å². The van der Waals surface area contributed by atoms with E-state index in [1.165, 1.54) is 0 Å². The van der Waals surface area contributed by atoms with E-state index in [-0.39, 0.29) is 5.91 Å². The predicted octanol–water partition coefficient (Wildman–Crippen LogP) is 0.926. The second kappa shape index (κ2) is 4.27. The predicted molar refractivity (Wildman–Crippen MR) is 56.9 cm³/mol. The fourth-order valence-corrected chi connectivity index (χ4v) is 1.34. The Balaban J connectivity index is 2.23. The number of carbonyl (C=O) groups is 1. The molecule has 0 spiro atoms. The largest absolute Gasteiger partial charge is 0.351 e. The number of halogens is 1. The van der Waals surface area contributed by atoms with Gasteiger partial charge in [0.2, 0.25) is 0 Å². The molecule has 0 unspecified atom stereocenters. The van der Waals surface area contributed by atoms with Crippen molar-refractivity contribution >= 4 is 28.5 Å². The first-order chi connectivity index (χ1) is 7.31. The van der Waals surface area contributed by atoms with Crippen LogP contribution in [0.1, 0.15) is 10.4 Å². The quantitative estimate of drug-likeness (QED) is 0.762. The van der Waals surface area contributed by atoms with Gasteiger partial charge in [-0.2, -0.15) is 15.4 Å². The molecule has 1 aromatic carbocycles. The van der Waals surface area contributed by atoms with E-state index in [4.69, 9.17) is 11.6 Å². The summed E-state index contributed by atoms with van der Waals surface area (Å²) in [5.41, 5.74) is 1.97. The van der Waals surface area contributed by atoms with Gasteiger partial charge in [0.15, 0.2) is 0 Å². The minimum Gasteiger partial charge on any atom is -0.351 e. The zero-order valence-corrected chi connectivity index (χ0v) is 8.58. The van der Waals surface area contributed by atoms with Gasteiger partial charge in [0, 0.05) is 18.0 Å². The van der Waals surface area contributed by atoms with Gasteiger partial charge in [-0.3, -0.25) is 4.79 Å². The van der Waals surface area contributed by atoms with Crippen LogP contribution in [0.2, 0.25) is 0 Å². The van der Waals surface area contributed by atoms with Gasteiger partial charge < -0.3 is 5.32 Å². The fourth-order valence-electron chi connectivity index (χ4n) is 1.24. The molecule has 1 heterocycles. The highest BCUT2D eigenvalue weighted by molar-refractivity contribution is 6.18. The number of amides is 1. The second-order valence-corrected chi connectivity index (χ2v) is 3.35. The van der Waals surface area contributed by atoms with Crippen LogP contribution in [0.15, 0.2) is 18.2 Å². The maximum Gasteiger partial charge on any atom is 0.251 e. The first-order valence-corrected chi connectivity index (χ1v) is 4.99. The number of hydrogen-bond donors (Lipinski definition) is 2. The number of aromatic nitrogens is 3. The summed E-state index contributed by atoms with van der Waals surface area (Å²) in [7, 11) is 0. The van der Waals surface area contributed by atoms with Crippen molar-refractivity contribution < 1.29 is 4.79 Å². The Hall–Kier alpha value is -1.62. The molecule has 0 bridgehead atoms. The molecule has 2 aromatic rings. The molecule has 15 heavy (non-hydrogen) atoms. The van der Waals surface area contributed by atoms with Crippen LogP contribution in [-0.4, -0.2) is 33.7 Å². The number of benzene rings is 1. The average Bonchev–Trinajstić information content (AvgIpc) is 2.72. The second-order valence-electron chi connectivity index (χ2n) is 2.97. The molecule has 0 radical (unpaired) electrons. The number of hydrogen-bond acceptors (Lipinski definition) is 3. The van der Waals surface area contributed by atoms with E-state index < -0.39 is 0 Å². The molecule has 1 amide bonds. The highest BCUT2D eigenvalue weighted by Crippen LogP contribution is 2.10. The lowest BCUT2D eigenvalue weighted by Crippen LogP contribution is -2.25. The number of carbonyl (C=O) groups excluding carboxylic acids is 1. The number of aromatic amines is 1. The van der Waals surface area contributed by atoms with Crippen molar-refractivity contribution in [3.63, 3.8) is 0 Å². The van der Waals surface area contributed by atoms with Crippen molar-refractivity contribution in [3.05, 3.63) is 23.8 Å². The Morgan fingerprint density at radius 1 is 1.40 bits per heavy atom. The lowest BCUT2D eigenvalue weighted by molar-refractivity contribution is 0.0956. The topological polar surface area (TPSA) is 70.7 Å². The molecular weight excluding hydrogens is 216 g/mol. The van der Waals surface area contributed by atoms with Crippen molar-refractivity contribution in [1.29, 1.82) is 0 Å². The minimum absolute atomic E-state index is 0.152. The number of rotatable bonds is 3. The van der Waals surface area contributed by atoms with Gasteiger partial charge in [-0.1, -0.05) is 0 Å². The van der Waals surface area contributed by atoms with Crippen LogP contribution in [0.3, 0.4) is 0 Å². The van der Waals surface area contributed by atoms with Gasteiger partial charge in [-0.05, 0) is 18.2 Å². The summed E-state index contributed by atoms with van der Waals surface area (Å²) >= 11 is 5.47. The summed E-state index contributed by atoms with van der Waals surface area (Å²) < 4.78 is 0.